The molecule has 0 saturated heterocycles. The van der Waals surface area contributed by atoms with Crippen LogP contribution in [0, 0.1) is 5.92 Å². The predicted molar refractivity (Wildman–Crippen MR) is 53.8 cm³/mol. The van der Waals surface area contributed by atoms with Crippen LogP contribution in [-0.4, -0.2) is 5.78 Å². The molecule has 0 aliphatic rings. The van der Waals surface area contributed by atoms with E-state index in [2.05, 4.69) is 6.58 Å². The molecule has 0 fully saturated rings. The molecule has 0 heterocycles. The van der Waals surface area contributed by atoms with Gasteiger partial charge in [-0.25, -0.2) is 0 Å². The molecule has 72 valence electrons. The van der Waals surface area contributed by atoms with Gasteiger partial charge < -0.3 is 5.73 Å². The average Bonchev–Trinajstić information content (AvgIpc) is 2.03. The lowest BCUT2D eigenvalue weighted by molar-refractivity contribution is -0.120. The normalized spacial score (nSPS) is 11.0. The van der Waals surface area contributed by atoms with Crippen LogP contribution >= 0.6 is 0 Å². The predicted octanol–water partition coefficient (Wildman–Crippen LogP) is 2.49. The van der Waals surface area contributed by atoms with E-state index in [0.29, 0.717) is 5.70 Å². The first kappa shape index (κ1) is 13.8. The van der Waals surface area contributed by atoms with Crippen LogP contribution in [-0.2, 0) is 4.79 Å². The summed E-state index contributed by atoms with van der Waals surface area (Å²) in [5, 5.41) is 0. The summed E-state index contributed by atoms with van der Waals surface area (Å²) >= 11 is 0. The maximum absolute atomic E-state index is 10.7. The highest BCUT2D eigenvalue weighted by Crippen LogP contribution is 2.08. The van der Waals surface area contributed by atoms with Crippen molar-refractivity contribution in [3.63, 3.8) is 0 Å². The van der Waals surface area contributed by atoms with Gasteiger partial charge in [0, 0.05) is 11.6 Å². The molecule has 0 saturated carbocycles. The molecule has 0 aromatic carbocycles. The summed E-state index contributed by atoms with van der Waals surface area (Å²) in [6, 6.07) is 0. The highest BCUT2D eigenvalue weighted by atomic mass is 16.1. The second-order valence-electron chi connectivity index (χ2n) is 2.71. The summed E-state index contributed by atoms with van der Waals surface area (Å²) in [4.78, 5) is 10.7. The summed E-state index contributed by atoms with van der Waals surface area (Å²) in [5.74, 6) is 0.349. The second-order valence-corrected chi connectivity index (χ2v) is 2.71. The van der Waals surface area contributed by atoms with Crippen LogP contribution in [0.2, 0.25) is 0 Å². The molecule has 0 amide bonds. The van der Waals surface area contributed by atoms with Crippen LogP contribution in [0.1, 0.15) is 40.5 Å². The van der Waals surface area contributed by atoms with E-state index in [0.717, 1.165) is 12.8 Å². The Morgan fingerprint density at radius 3 is 2.17 bits per heavy atom. The maximum Gasteiger partial charge on any atom is 0.132 e. The Hall–Kier alpha value is -0.790. The van der Waals surface area contributed by atoms with Crippen molar-refractivity contribution >= 4 is 5.78 Å². The van der Waals surface area contributed by atoms with Crippen molar-refractivity contribution in [3.8, 4) is 0 Å². The molecule has 0 spiro atoms. The van der Waals surface area contributed by atoms with E-state index in [1.165, 1.54) is 0 Å². The van der Waals surface area contributed by atoms with Crippen molar-refractivity contribution in [1.82, 2.24) is 0 Å². The maximum atomic E-state index is 10.7. The molecule has 2 N–H and O–H groups in total. The molecule has 2 heteroatoms. The number of nitrogens with two attached hydrogens (primary N) is 1. The fourth-order valence-electron chi connectivity index (χ4n) is 0.605. The van der Waals surface area contributed by atoms with Crippen LogP contribution in [0.15, 0.2) is 12.3 Å². The van der Waals surface area contributed by atoms with Crippen LogP contribution in [0.25, 0.3) is 0 Å². The van der Waals surface area contributed by atoms with Gasteiger partial charge in [-0.15, -0.1) is 0 Å². The van der Waals surface area contributed by atoms with Crippen molar-refractivity contribution in [3.05, 3.63) is 12.3 Å². The smallest absolute Gasteiger partial charge is 0.132 e. The number of carbonyl (C=O) groups is 1. The molecular formula is C10H21NO. The molecule has 0 rings (SSSR count). The number of carbonyl (C=O) groups excluding carboxylic acids is 1. The van der Waals surface area contributed by atoms with Crippen LogP contribution in [0.3, 0.4) is 0 Å². The molecule has 0 aliphatic heterocycles. The monoisotopic (exact) mass is 171 g/mol. The van der Waals surface area contributed by atoms with E-state index in [9.17, 15) is 4.79 Å². The Labute approximate surface area is 75.8 Å². The fourth-order valence-corrected chi connectivity index (χ4v) is 0.605. The number of hydrogen-bond donors (Lipinski definition) is 1. The van der Waals surface area contributed by atoms with Gasteiger partial charge in [-0.3, -0.25) is 4.79 Å². The number of ketones is 1. The van der Waals surface area contributed by atoms with Crippen molar-refractivity contribution < 1.29 is 4.79 Å². The number of Topliss-reactive ketones (excluding diaryl/α,β-unsaturated/α-hetero) is 1. The van der Waals surface area contributed by atoms with Crippen LogP contribution in [0.5, 0.6) is 0 Å². The lowest BCUT2D eigenvalue weighted by Crippen LogP contribution is -2.07. The minimum atomic E-state index is 0.125. The molecule has 2 nitrogen and oxygen atoms in total. The first-order valence-corrected chi connectivity index (χ1v) is 4.47. The third-order valence-corrected chi connectivity index (χ3v) is 1.59. The Morgan fingerprint density at radius 1 is 1.50 bits per heavy atom. The zero-order valence-corrected chi connectivity index (χ0v) is 8.68. The van der Waals surface area contributed by atoms with Gasteiger partial charge in [0.2, 0.25) is 0 Å². The van der Waals surface area contributed by atoms with E-state index in [1.807, 2.05) is 20.8 Å². The van der Waals surface area contributed by atoms with Gasteiger partial charge in [0.25, 0.3) is 0 Å². The van der Waals surface area contributed by atoms with Gasteiger partial charge in [-0.05, 0) is 19.8 Å². The largest absolute Gasteiger partial charge is 0.403 e. The van der Waals surface area contributed by atoms with Gasteiger partial charge in [-0.1, -0.05) is 27.4 Å². The molecule has 0 radical (unpaired) electrons. The molecule has 0 aromatic rings. The molecule has 0 unspecified atom stereocenters. The molecule has 0 aliphatic carbocycles. The van der Waals surface area contributed by atoms with E-state index in [4.69, 9.17) is 5.73 Å². The Bertz CT molecular complexity index is 141. The lowest BCUT2D eigenvalue weighted by Gasteiger charge is -2.05. The highest BCUT2D eigenvalue weighted by Gasteiger charge is 2.06. The number of hydrogen-bond acceptors (Lipinski definition) is 2. The first-order valence-electron chi connectivity index (χ1n) is 4.47. The van der Waals surface area contributed by atoms with Crippen LogP contribution < -0.4 is 5.73 Å². The number of rotatable bonds is 4. The highest BCUT2D eigenvalue weighted by molar-refractivity contribution is 5.77. The van der Waals surface area contributed by atoms with Crippen molar-refractivity contribution in [2.24, 2.45) is 11.7 Å². The van der Waals surface area contributed by atoms with Gasteiger partial charge in [0.15, 0.2) is 0 Å². The number of allylic oxidation sites excluding steroid dienone is 1. The molecule has 0 aromatic heterocycles. The fraction of sp³-hybridized carbons (Fsp3) is 0.700. The first-order chi connectivity index (χ1) is 5.54. The molecule has 12 heavy (non-hydrogen) atoms. The standard InChI is InChI=1S/C8H15NO.C2H6/c1-6(8(3)10)4-5-7(2)9;1-2/h6H,2,4-5,9H2,1,3H3;1-2H3/t6-;/m0./s1. The van der Waals surface area contributed by atoms with Crippen molar-refractivity contribution in [1.29, 1.82) is 0 Å². The Balaban J connectivity index is 0. The van der Waals surface area contributed by atoms with Gasteiger partial charge in [-0.2, -0.15) is 0 Å². The SMILES string of the molecule is C=C(N)CC[C@H](C)C(C)=O.CC. The Kier molecular flexibility index (Phi) is 9.54. The third-order valence-electron chi connectivity index (χ3n) is 1.59. The van der Waals surface area contributed by atoms with Crippen LogP contribution in [0.4, 0.5) is 0 Å². The minimum Gasteiger partial charge on any atom is -0.403 e. The van der Waals surface area contributed by atoms with E-state index < -0.39 is 0 Å². The summed E-state index contributed by atoms with van der Waals surface area (Å²) < 4.78 is 0. The summed E-state index contributed by atoms with van der Waals surface area (Å²) in [5.41, 5.74) is 6.00. The van der Waals surface area contributed by atoms with Gasteiger partial charge >= 0.3 is 0 Å². The van der Waals surface area contributed by atoms with E-state index in [1.54, 1.807) is 6.92 Å². The molecule has 1 atom stereocenters. The third kappa shape index (κ3) is 9.21. The zero-order valence-electron chi connectivity index (χ0n) is 8.68. The molecular weight excluding hydrogens is 150 g/mol. The summed E-state index contributed by atoms with van der Waals surface area (Å²) in [6.45, 7) is 11.1. The molecule has 0 bridgehead atoms. The topological polar surface area (TPSA) is 43.1 Å². The second kappa shape index (κ2) is 8.31. The van der Waals surface area contributed by atoms with Crippen molar-refractivity contribution in [2.75, 3.05) is 0 Å². The van der Waals surface area contributed by atoms with Crippen molar-refractivity contribution in [2.45, 2.75) is 40.5 Å². The zero-order chi connectivity index (χ0) is 10.1. The van der Waals surface area contributed by atoms with E-state index >= 15 is 0 Å². The average molecular weight is 171 g/mol. The summed E-state index contributed by atoms with van der Waals surface area (Å²) in [6.07, 6.45) is 1.57. The minimum absolute atomic E-state index is 0.125. The van der Waals surface area contributed by atoms with Gasteiger partial charge in [0.1, 0.15) is 5.78 Å². The van der Waals surface area contributed by atoms with E-state index in [-0.39, 0.29) is 11.7 Å². The lowest BCUT2D eigenvalue weighted by atomic mass is 10.0. The van der Waals surface area contributed by atoms with Gasteiger partial charge in [0.05, 0.1) is 0 Å². The quantitative estimate of drug-likeness (QED) is 0.706. The summed E-state index contributed by atoms with van der Waals surface area (Å²) in [7, 11) is 0. The Morgan fingerprint density at radius 2 is 1.92 bits per heavy atom.